The maximum Gasteiger partial charge on any atom is 0.250 e. The van der Waals surface area contributed by atoms with E-state index in [0.29, 0.717) is 5.13 Å². The fourth-order valence-corrected chi connectivity index (χ4v) is 3.91. The van der Waals surface area contributed by atoms with Gasteiger partial charge in [-0.05, 0) is 29.0 Å². The van der Waals surface area contributed by atoms with Gasteiger partial charge >= 0.3 is 0 Å². The SMILES string of the molecule is O=C(/C=C/c1cccs1)Nc1nc2c(ccc3ccccc32)s1. The van der Waals surface area contributed by atoms with Crippen molar-refractivity contribution >= 4 is 60.8 Å². The van der Waals surface area contributed by atoms with Crippen LogP contribution in [-0.2, 0) is 4.79 Å². The van der Waals surface area contributed by atoms with Crippen LogP contribution in [0.25, 0.3) is 27.1 Å². The lowest BCUT2D eigenvalue weighted by molar-refractivity contribution is -0.111. The number of nitrogens with one attached hydrogen (secondary N) is 1. The van der Waals surface area contributed by atoms with Gasteiger partial charge in [-0.25, -0.2) is 4.98 Å². The molecule has 0 saturated carbocycles. The fourth-order valence-electron chi connectivity index (χ4n) is 2.41. The first-order chi connectivity index (χ1) is 11.3. The van der Waals surface area contributed by atoms with Crippen LogP contribution in [0.1, 0.15) is 4.88 Å². The first kappa shape index (κ1) is 14.1. The van der Waals surface area contributed by atoms with Crippen molar-refractivity contribution in [3.05, 3.63) is 64.9 Å². The zero-order valence-corrected chi connectivity index (χ0v) is 13.7. The normalized spacial score (nSPS) is 11.5. The van der Waals surface area contributed by atoms with Gasteiger partial charge in [0.15, 0.2) is 5.13 Å². The van der Waals surface area contributed by atoms with E-state index in [-0.39, 0.29) is 5.91 Å². The summed E-state index contributed by atoms with van der Waals surface area (Å²) < 4.78 is 1.07. The smallest absolute Gasteiger partial charge is 0.250 e. The Labute approximate surface area is 140 Å². The van der Waals surface area contributed by atoms with E-state index in [1.165, 1.54) is 17.4 Å². The first-order valence-electron chi connectivity index (χ1n) is 7.10. The van der Waals surface area contributed by atoms with Crippen LogP contribution >= 0.6 is 22.7 Å². The van der Waals surface area contributed by atoms with Gasteiger partial charge in [0, 0.05) is 16.3 Å². The van der Waals surface area contributed by atoms with E-state index in [1.807, 2.05) is 41.8 Å². The molecule has 0 aliphatic heterocycles. The second-order valence-electron chi connectivity index (χ2n) is 4.99. The molecule has 0 aliphatic rings. The van der Waals surface area contributed by atoms with Crippen molar-refractivity contribution in [1.29, 1.82) is 0 Å². The number of amides is 1. The molecule has 0 unspecified atom stereocenters. The average Bonchev–Trinajstić information content (AvgIpc) is 3.22. The average molecular weight is 336 g/mol. The third-order valence-electron chi connectivity index (χ3n) is 3.46. The Bertz CT molecular complexity index is 1020. The molecule has 2 aromatic heterocycles. The lowest BCUT2D eigenvalue weighted by Crippen LogP contribution is -2.06. The second-order valence-corrected chi connectivity index (χ2v) is 7.00. The molecule has 1 amide bonds. The number of carbonyl (C=O) groups is 1. The minimum atomic E-state index is -0.165. The minimum absolute atomic E-state index is 0.165. The highest BCUT2D eigenvalue weighted by molar-refractivity contribution is 7.22. The molecule has 5 heteroatoms. The van der Waals surface area contributed by atoms with Crippen molar-refractivity contribution < 1.29 is 4.79 Å². The van der Waals surface area contributed by atoms with Crippen molar-refractivity contribution in [2.24, 2.45) is 0 Å². The number of thiophene rings is 1. The molecule has 2 heterocycles. The summed E-state index contributed by atoms with van der Waals surface area (Å²) in [5.41, 5.74) is 0.936. The largest absolute Gasteiger partial charge is 0.298 e. The van der Waals surface area contributed by atoms with Crippen LogP contribution < -0.4 is 5.32 Å². The Morgan fingerprint density at radius 1 is 1.09 bits per heavy atom. The summed E-state index contributed by atoms with van der Waals surface area (Å²) in [6, 6.07) is 16.2. The lowest BCUT2D eigenvalue weighted by Gasteiger charge is -1.96. The molecule has 0 spiro atoms. The highest BCUT2D eigenvalue weighted by atomic mass is 32.1. The summed E-state index contributed by atoms with van der Waals surface area (Å²) in [5.74, 6) is -0.165. The highest BCUT2D eigenvalue weighted by Crippen LogP contribution is 2.31. The predicted molar refractivity (Wildman–Crippen MR) is 99.1 cm³/mol. The maximum absolute atomic E-state index is 12.0. The summed E-state index contributed by atoms with van der Waals surface area (Å²) >= 11 is 3.09. The molecule has 0 radical (unpaired) electrons. The van der Waals surface area contributed by atoms with E-state index < -0.39 is 0 Å². The van der Waals surface area contributed by atoms with Crippen molar-refractivity contribution in [3.8, 4) is 0 Å². The zero-order chi connectivity index (χ0) is 15.6. The molecular formula is C18H12N2OS2. The molecule has 0 fully saturated rings. The van der Waals surface area contributed by atoms with Gasteiger partial charge in [0.25, 0.3) is 0 Å². The number of anilines is 1. The number of thiazole rings is 1. The molecule has 0 aliphatic carbocycles. The Kier molecular flexibility index (Phi) is 3.65. The number of hydrogen-bond acceptors (Lipinski definition) is 4. The Balaban J connectivity index is 1.62. The summed E-state index contributed by atoms with van der Waals surface area (Å²) in [7, 11) is 0. The van der Waals surface area contributed by atoms with E-state index in [4.69, 9.17) is 0 Å². The van der Waals surface area contributed by atoms with E-state index in [1.54, 1.807) is 11.3 Å². The Morgan fingerprint density at radius 3 is 2.87 bits per heavy atom. The number of benzene rings is 2. The number of nitrogens with zero attached hydrogens (tertiary/aromatic N) is 1. The van der Waals surface area contributed by atoms with Gasteiger partial charge in [0.05, 0.1) is 10.2 Å². The van der Waals surface area contributed by atoms with Gasteiger partial charge in [-0.3, -0.25) is 10.1 Å². The summed E-state index contributed by atoms with van der Waals surface area (Å²) in [4.78, 5) is 17.7. The van der Waals surface area contributed by atoms with Crippen molar-refractivity contribution in [2.75, 3.05) is 5.32 Å². The number of fused-ring (bicyclic) bond motifs is 3. The molecule has 1 N–H and O–H groups in total. The molecule has 3 nitrogen and oxygen atoms in total. The molecule has 2 aromatic carbocycles. The first-order valence-corrected chi connectivity index (χ1v) is 8.80. The second kappa shape index (κ2) is 5.95. The van der Waals surface area contributed by atoms with Gasteiger partial charge < -0.3 is 0 Å². The van der Waals surface area contributed by atoms with Gasteiger partial charge in [-0.1, -0.05) is 47.7 Å². The van der Waals surface area contributed by atoms with Crippen LogP contribution in [-0.4, -0.2) is 10.9 Å². The summed E-state index contributed by atoms with van der Waals surface area (Å²) in [6.45, 7) is 0. The van der Waals surface area contributed by atoms with Gasteiger partial charge in [0.1, 0.15) is 0 Å². The number of aromatic nitrogens is 1. The summed E-state index contributed by atoms with van der Waals surface area (Å²) in [5, 5.41) is 7.71. The van der Waals surface area contributed by atoms with Crippen LogP contribution in [0.3, 0.4) is 0 Å². The molecule has 0 atom stereocenters. The molecule has 4 aromatic rings. The molecular weight excluding hydrogens is 324 g/mol. The predicted octanol–water partition coefficient (Wildman–Crippen LogP) is 5.16. The number of carbonyl (C=O) groups excluding carboxylic acids is 1. The van der Waals surface area contributed by atoms with Crippen LogP contribution in [0.5, 0.6) is 0 Å². The minimum Gasteiger partial charge on any atom is -0.298 e. The molecule has 0 saturated heterocycles. The van der Waals surface area contributed by atoms with E-state index in [9.17, 15) is 4.79 Å². The summed E-state index contributed by atoms with van der Waals surface area (Å²) in [6.07, 6.45) is 3.35. The molecule has 23 heavy (non-hydrogen) atoms. The van der Waals surface area contributed by atoms with Crippen LogP contribution in [0.4, 0.5) is 5.13 Å². The number of hydrogen-bond donors (Lipinski definition) is 1. The van der Waals surface area contributed by atoms with Crippen molar-refractivity contribution in [1.82, 2.24) is 4.98 Å². The highest BCUT2D eigenvalue weighted by Gasteiger charge is 2.08. The quantitative estimate of drug-likeness (QED) is 0.525. The molecule has 112 valence electrons. The standard InChI is InChI=1S/C18H12N2OS2/c21-16(10-8-13-5-3-11-22-13)19-18-20-17-14-6-2-1-4-12(14)7-9-15(17)23-18/h1-11H,(H,19,20,21)/b10-8+. The van der Waals surface area contributed by atoms with Crippen LogP contribution in [0, 0.1) is 0 Å². The third kappa shape index (κ3) is 2.88. The van der Waals surface area contributed by atoms with E-state index in [0.717, 1.165) is 25.9 Å². The van der Waals surface area contributed by atoms with Gasteiger partial charge in [0.2, 0.25) is 5.91 Å². The monoisotopic (exact) mass is 336 g/mol. The van der Waals surface area contributed by atoms with Crippen molar-refractivity contribution in [2.45, 2.75) is 0 Å². The van der Waals surface area contributed by atoms with Gasteiger partial charge in [-0.2, -0.15) is 0 Å². The van der Waals surface area contributed by atoms with Crippen LogP contribution in [0.15, 0.2) is 60.0 Å². The molecule has 0 bridgehead atoms. The lowest BCUT2D eigenvalue weighted by atomic mass is 10.1. The third-order valence-corrected chi connectivity index (χ3v) is 5.23. The topological polar surface area (TPSA) is 42.0 Å². The molecule has 4 rings (SSSR count). The van der Waals surface area contributed by atoms with Crippen molar-refractivity contribution in [3.63, 3.8) is 0 Å². The van der Waals surface area contributed by atoms with E-state index in [2.05, 4.69) is 28.5 Å². The fraction of sp³-hybridized carbons (Fsp3) is 0. The van der Waals surface area contributed by atoms with Crippen LogP contribution in [0.2, 0.25) is 0 Å². The maximum atomic E-state index is 12.0. The Hall–Kier alpha value is -2.50. The van der Waals surface area contributed by atoms with Gasteiger partial charge in [-0.15, -0.1) is 11.3 Å². The van der Waals surface area contributed by atoms with E-state index >= 15 is 0 Å². The zero-order valence-electron chi connectivity index (χ0n) is 12.0. The number of rotatable bonds is 3. The Morgan fingerprint density at radius 2 is 2.00 bits per heavy atom.